The average Bonchev–Trinajstić information content (AvgIpc) is 3.32. The van der Waals surface area contributed by atoms with Gasteiger partial charge in [-0.15, -0.1) is 10.2 Å². The predicted molar refractivity (Wildman–Crippen MR) is 111 cm³/mol. The Labute approximate surface area is 175 Å². The smallest absolute Gasteiger partial charge is 0.234 e. The van der Waals surface area contributed by atoms with Gasteiger partial charge in [0.1, 0.15) is 17.2 Å². The van der Waals surface area contributed by atoms with Crippen LogP contribution in [0.4, 0.5) is 14.5 Å². The van der Waals surface area contributed by atoms with Crippen LogP contribution in [0.5, 0.6) is 0 Å². The molecule has 2 heterocycles. The summed E-state index contributed by atoms with van der Waals surface area (Å²) in [7, 11) is 0. The first-order valence-electron chi connectivity index (χ1n) is 9.24. The van der Waals surface area contributed by atoms with Crippen LogP contribution in [0, 0.1) is 11.6 Å². The van der Waals surface area contributed by atoms with Gasteiger partial charge in [0.05, 0.1) is 11.4 Å². The van der Waals surface area contributed by atoms with Gasteiger partial charge < -0.3 is 9.73 Å². The van der Waals surface area contributed by atoms with E-state index in [4.69, 9.17) is 4.42 Å². The van der Waals surface area contributed by atoms with Gasteiger partial charge in [-0.05, 0) is 38.1 Å². The van der Waals surface area contributed by atoms with Gasteiger partial charge in [-0.2, -0.15) is 0 Å². The number of anilines is 1. The summed E-state index contributed by atoms with van der Waals surface area (Å²) in [4.78, 5) is 12.2. The molecule has 0 bridgehead atoms. The van der Waals surface area contributed by atoms with E-state index in [0.717, 1.165) is 23.1 Å². The highest BCUT2D eigenvalue weighted by Crippen LogP contribution is 2.31. The summed E-state index contributed by atoms with van der Waals surface area (Å²) in [6.45, 7) is 3.96. The number of benzene rings is 2. The second-order valence-corrected chi connectivity index (χ2v) is 7.82. The highest BCUT2D eigenvalue weighted by Gasteiger charge is 2.20. The van der Waals surface area contributed by atoms with Crippen molar-refractivity contribution in [2.24, 2.45) is 0 Å². The van der Waals surface area contributed by atoms with E-state index in [1.165, 1.54) is 17.8 Å². The van der Waals surface area contributed by atoms with Crippen LogP contribution >= 0.6 is 11.8 Å². The second kappa shape index (κ2) is 8.27. The summed E-state index contributed by atoms with van der Waals surface area (Å²) in [5, 5.41) is 12.4. The standard InChI is InChI=1S/C21H18F2N4O2S/c1-12(2)27-20(18-9-13-5-3-4-6-17(13)29-18)25-26-21(27)30-11-19(28)24-16-8-7-14(22)10-15(16)23/h3-10,12H,11H2,1-2H3,(H,24,28). The normalized spacial score (nSPS) is 11.4. The van der Waals surface area contributed by atoms with Crippen LogP contribution in [0.1, 0.15) is 19.9 Å². The number of para-hydroxylation sites is 1. The van der Waals surface area contributed by atoms with Gasteiger partial charge >= 0.3 is 0 Å². The minimum absolute atomic E-state index is 0.0121. The number of carbonyl (C=O) groups excluding carboxylic acids is 1. The van der Waals surface area contributed by atoms with Crippen molar-refractivity contribution in [3.05, 3.63) is 60.2 Å². The third-order valence-electron chi connectivity index (χ3n) is 4.36. The SMILES string of the molecule is CC(C)n1c(SCC(=O)Nc2ccc(F)cc2F)nnc1-c1cc2ccccc2o1. The van der Waals surface area contributed by atoms with Gasteiger partial charge in [-0.25, -0.2) is 8.78 Å². The lowest BCUT2D eigenvalue weighted by molar-refractivity contribution is -0.113. The van der Waals surface area contributed by atoms with E-state index in [9.17, 15) is 13.6 Å². The first-order valence-corrected chi connectivity index (χ1v) is 10.2. The Hall–Kier alpha value is -3.20. The molecule has 6 nitrogen and oxygen atoms in total. The Morgan fingerprint density at radius 3 is 2.70 bits per heavy atom. The summed E-state index contributed by atoms with van der Waals surface area (Å²) in [6, 6.07) is 12.6. The fourth-order valence-corrected chi connectivity index (χ4v) is 3.88. The molecule has 0 saturated carbocycles. The number of amides is 1. The number of halogens is 2. The average molecular weight is 428 g/mol. The van der Waals surface area contributed by atoms with Crippen LogP contribution in [0.25, 0.3) is 22.6 Å². The number of nitrogens with zero attached hydrogens (tertiary/aromatic N) is 3. The number of hydrogen-bond donors (Lipinski definition) is 1. The van der Waals surface area contributed by atoms with Crippen LogP contribution < -0.4 is 5.32 Å². The molecule has 4 aromatic rings. The molecule has 0 saturated heterocycles. The van der Waals surface area contributed by atoms with E-state index in [1.54, 1.807) is 0 Å². The van der Waals surface area contributed by atoms with E-state index in [1.807, 2.05) is 48.7 Å². The van der Waals surface area contributed by atoms with Crippen molar-refractivity contribution in [3.63, 3.8) is 0 Å². The third kappa shape index (κ3) is 4.06. The number of fused-ring (bicyclic) bond motifs is 1. The van der Waals surface area contributed by atoms with Crippen LogP contribution in [0.2, 0.25) is 0 Å². The molecule has 0 spiro atoms. The van der Waals surface area contributed by atoms with Gasteiger partial charge in [0.2, 0.25) is 11.7 Å². The monoisotopic (exact) mass is 428 g/mol. The molecule has 0 radical (unpaired) electrons. The maximum Gasteiger partial charge on any atom is 0.234 e. The Bertz CT molecular complexity index is 1190. The summed E-state index contributed by atoms with van der Waals surface area (Å²) in [6.07, 6.45) is 0. The van der Waals surface area contributed by atoms with Crippen LogP contribution in [-0.4, -0.2) is 26.4 Å². The Kier molecular flexibility index (Phi) is 5.54. The minimum atomic E-state index is -0.828. The Morgan fingerprint density at radius 1 is 1.17 bits per heavy atom. The van der Waals surface area contributed by atoms with Crippen LogP contribution in [-0.2, 0) is 4.79 Å². The van der Waals surface area contributed by atoms with E-state index in [2.05, 4.69) is 15.5 Å². The molecule has 4 rings (SSSR count). The predicted octanol–water partition coefficient (Wildman–Crippen LogP) is 5.28. The quantitative estimate of drug-likeness (QED) is 0.423. The van der Waals surface area contributed by atoms with Gasteiger partial charge in [0, 0.05) is 17.5 Å². The van der Waals surface area contributed by atoms with E-state index >= 15 is 0 Å². The van der Waals surface area contributed by atoms with Crippen molar-refractivity contribution >= 4 is 34.3 Å². The number of aromatic nitrogens is 3. The molecule has 0 aliphatic heterocycles. The lowest BCUT2D eigenvalue weighted by Crippen LogP contribution is -2.16. The molecule has 1 amide bonds. The number of thioether (sulfide) groups is 1. The van der Waals surface area contributed by atoms with Crippen LogP contribution in [0.3, 0.4) is 0 Å². The zero-order valence-corrected chi connectivity index (χ0v) is 17.0. The largest absolute Gasteiger partial charge is 0.453 e. The molecule has 2 aromatic heterocycles. The van der Waals surface area contributed by atoms with Crippen molar-refractivity contribution in [3.8, 4) is 11.6 Å². The summed E-state index contributed by atoms with van der Waals surface area (Å²) in [5.41, 5.74) is 0.677. The van der Waals surface area contributed by atoms with Crippen molar-refractivity contribution < 1.29 is 18.0 Å². The minimum Gasteiger partial charge on any atom is -0.453 e. The summed E-state index contributed by atoms with van der Waals surface area (Å²) < 4.78 is 34.5. The topological polar surface area (TPSA) is 73.0 Å². The molecular formula is C21H18F2N4O2S. The van der Waals surface area contributed by atoms with E-state index in [-0.39, 0.29) is 17.5 Å². The Balaban J connectivity index is 1.52. The van der Waals surface area contributed by atoms with Gasteiger partial charge in [-0.1, -0.05) is 30.0 Å². The van der Waals surface area contributed by atoms with Gasteiger partial charge in [0.25, 0.3) is 0 Å². The molecule has 1 N–H and O–H groups in total. The Morgan fingerprint density at radius 2 is 1.97 bits per heavy atom. The molecule has 30 heavy (non-hydrogen) atoms. The zero-order chi connectivity index (χ0) is 21.3. The molecule has 0 unspecified atom stereocenters. The molecule has 0 atom stereocenters. The van der Waals surface area contributed by atoms with Crippen molar-refractivity contribution in [2.45, 2.75) is 25.0 Å². The maximum absolute atomic E-state index is 13.7. The van der Waals surface area contributed by atoms with Crippen molar-refractivity contribution in [2.75, 3.05) is 11.1 Å². The first-order chi connectivity index (χ1) is 14.4. The summed E-state index contributed by atoms with van der Waals surface area (Å²) >= 11 is 1.17. The number of furan rings is 1. The number of carbonyl (C=O) groups is 1. The lowest BCUT2D eigenvalue weighted by atomic mass is 10.2. The molecule has 0 aliphatic rings. The number of hydrogen-bond acceptors (Lipinski definition) is 5. The molecular weight excluding hydrogens is 410 g/mol. The third-order valence-corrected chi connectivity index (χ3v) is 5.31. The molecule has 2 aromatic carbocycles. The fraction of sp³-hybridized carbons (Fsp3) is 0.190. The van der Waals surface area contributed by atoms with E-state index in [0.29, 0.717) is 16.7 Å². The molecule has 9 heteroatoms. The number of rotatable bonds is 6. The molecule has 0 fully saturated rings. The van der Waals surface area contributed by atoms with Gasteiger partial charge in [-0.3, -0.25) is 9.36 Å². The van der Waals surface area contributed by atoms with E-state index < -0.39 is 17.5 Å². The van der Waals surface area contributed by atoms with Crippen molar-refractivity contribution in [1.82, 2.24) is 14.8 Å². The fourth-order valence-electron chi connectivity index (χ4n) is 3.01. The maximum atomic E-state index is 13.7. The van der Waals surface area contributed by atoms with Crippen molar-refractivity contribution in [1.29, 1.82) is 0 Å². The van der Waals surface area contributed by atoms with Gasteiger partial charge in [0.15, 0.2) is 10.9 Å². The highest BCUT2D eigenvalue weighted by molar-refractivity contribution is 7.99. The zero-order valence-electron chi connectivity index (χ0n) is 16.2. The van der Waals surface area contributed by atoms with Crippen LogP contribution in [0.15, 0.2) is 58.1 Å². The molecule has 154 valence electrons. The summed E-state index contributed by atoms with van der Waals surface area (Å²) in [5.74, 6) is -0.833. The first kappa shape index (κ1) is 20.1. The second-order valence-electron chi connectivity index (χ2n) is 6.88. The molecule has 0 aliphatic carbocycles. The highest BCUT2D eigenvalue weighted by atomic mass is 32.2. The lowest BCUT2D eigenvalue weighted by Gasteiger charge is -2.12. The number of nitrogens with one attached hydrogen (secondary N) is 1.